The van der Waals surface area contributed by atoms with E-state index in [9.17, 15) is 0 Å². The Kier molecular flexibility index (Phi) is 6.99. The fourth-order valence-corrected chi connectivity index (χ4v) is 2.32. The number of nitrogens with one attached hydrogen (secondary N) is 1. The third-order valence-electron chi connectivity index (χ3n) is 3.39. The Balaban J connectivity index is 2.51. The molecule has 0 aliphatic carbocycles. The van der Waals surface area contributed by atoms with Gasteiger partial charge in [0.15, 0.2) is 0 Å². The highest BCUT2D eigenvalue weighted by atomic mass is 15.1. The van der Waals surface area contributed by atoms with Crippen LogP contribution in [0.25, 0.3) is 0 Å². The highest BCUT2D eigenvalue weighted by Crippen LogP contribution is 2.12. The molecule has 0 amide bonds. The van der Waals surface area contributed by atoms with E-state index in [4.69, 9.17) is 0 Å². The zero-order valence-corrected chi connectivity index (χ0v) is 12.3. The maximum absolute atomic E-state index is 3.54. The fourth-order valence-electron chi connectivity index (χ4n) is 2.32. The van der Waals surface area contributed by atoms with Crippen molar-refractivity contribution in [2.45, 2.75) is 39.8 Å². The largest absolute Gasteiger partial charge is 0.315 e. The van der Waals surface area contributed by atoms with Crippen molar-refractivity contribution in [3.8, 4) is 0 Å². The van der Waals surface area contributed by atoms with Gasteiger partial charge in [0.25, 0.3) is 0 Å². The topological polar surface area (TPSA) is 15.3 Å². The summed E-state index contributed by atoms with van der Waals surface area (Å²) in [6.45, 7) is 10.0. The van der Waals surface area contributed by atoms with Crippen LogP contribution in [0.5, 0.6) is 0 Å². The van der Waals surface area contributed by atoms with Gasteiger partial charge in [-0.3, -0.25) is 4.90 Å². The molecule has 0 radical (unpaired) electrons. The molecule has 102 valence electrons. The van der Waals surface area contributed by atoms with Gasteiger partial charge < -0.3 is 5.32 Å². The van der Waals surface area contributed by atoms with Crippen LogP contribution in [0.1, 0.15) is 32.8 Å². The highest BCUT2D eigenvalue weighted by Gasteiger charge is 2.18. The molecule has 1 aromatic carbocycles. The molecule has 18 heavy (non-hydrogen) atoms. The van der Waals surface area contributed by atoms with Crippen LogP contribution in [0.4, 0.5) is 0 Å². The molecule has 2 nitrogen and oxygen atoms in total. The Morgan fingerprint density at radius 1 is 1.17 bits per heavy atom. The van der Waals surface area contributed by atoms with E-state index in [0.717, 1.165) is 19.6 Å². The fraction of sp³-hybridized carbons (Fsp3) is 0.625. The Morgan fingerprint density at radius 3 is 2.39 bits per heavy atom. The van der Waals surface area contributed by atoms with Crippen LogP contribution in [0.3, 0.4) is 0 Å². The minimum Gasteiger partial charge on any atom is -0.315 e. The monoisotopic (exact) mass is 248 g/mol. The minimum absolute atomic E-state index is 0.594. The molecule has 0 spiro atoms. The molecule has 0 saturated carbocycles. The first-order chi connectivity index (χ1) is 8.65. The second kappa shape index (κ2) is 8.28. The first-order valence-electron chi connectivity index (χ1n) is 7.10. The van der Waals surface area contributed by atoms with Crippen LogP contribution in [0.2, 0.25) is 0 Å². The molecule has 1 N–H and O–H groups in total. The molecule has 1 aromatic rings. The smallest absolute Gasteiger partial charge is 0.0244 e. The standard InChI is InChI=1S/C16H28N2/c1-5-11-17-12-16(14(2)3)18(4)13-15-9-7-6-8-10-15/h6-10,14,16-17H,5,11-13H2,1-4H3. The van der Waals surface area contributed by atoms with Gasteiger partial charge in [-0.05, 0) is 31.5 Å². The molecule has 1 atom stereocenters. The summed E-state index contributed by atoms with van der Waals surface area (Å²) in [5, 5.41) is 3.54. The van der Waals surface area contributed by atoms with Gasteiger partial charge >= 0.3 is 0 Å². The Bertz CT molecular complexity index is 308. The van der Waals surface area contributed by atoms with Crippen molar-refractivity contribution in [3.05, 3.63) is 35.9 Å². The van der Waals surface area contributed by atoms with Gasteiger partial charge in [0.2, 0.25) is 0 Å². The molecule has 0 aliphatic heterocycles. The second-order valence-corrected chi connectivity index (χ2v) is 5.42. The van der Waals surface area contributed by atoms with Crippen molar-refractivity contribution in [2.75, 3.05) is 20.1 Å². The van der Waals surface area contributed by atoms with Crippen LogP contribution >= 0.6 is 0 Å². The predicted molar refractivity (Wildman–Crippen MR) is 79.7 cm³/mol. The van der Waals surface area contributed by atoms with Crippen molar-refractivity contribution in [1.82, 2.24) is 10.2 Å². The van der Waals surface area contributed by atoms with E-state index in [0.29, 0.717) is 12.0 Å². The van der Waals surface area contributed by atoms with Crippen molar-refractivity contribution < 1.29 is 0 Å². The third kappa shape index (κ3) is 5.19. The molecule has 0 heterocycles. The second-order valence-electron chi connectivity index (χ2n) is 5.42. The van der Waals surface area contributed by atoms with E-state index >= 15 is 0 Å². The van der Waals surface area contributed by atoms with Gasteiger partial charge in [-0.25, -0.2) is 0 Å². The molecule has 0 fully saturated rings. The third-order valence-corrected chi connectivity index (χ3v) is 3.39. The van der Waals surface area contributed by atoms with Gasteiger partial charge in [-0.1, -0.05) is 51.1 Å². The van der Waals surface area contributed by atoms with Gasteiger partial charge in [-0.2, -0.15) is 0 Å². The van der Waals surface area contributed by atoms with Crippen LogP contribution < -0.4 is 5.32 Å². The van der Waals surface area contributed by atoms with Crippen molar-refractivity contribution in [2.24, 2.45) is 5.92 Å². The number of benzene rings is 1. The summed E-state index contributed by atoms with van der Waals surface area (Å²) in [6, 6.07) is 11.3. The van der Waals surface area contributed by atoms with E-state index in [-0.39, 0.29) is 0 Å². The van der Waals surface area contributed by atoms with Crippen molar-refractivity contribution >= 4 is 0 Å². The minimum atomic E-state index is 0.594. The van der Waals surface area contributed by atoms with Crippen molar-refractivity contribution in [1.29, 1.82) is 0 Å². The van der Waals surface area contributed by atoms with E-state index in [1.807, 2.05) is 0 Å². The molecule has 0 aromatic heterocycles. The van der Waals surface area contributed by atoms with E-state index in [2.05, 4.69) is 68.4 Å². The molecular formula is C16H28N2. The lowest BCUT2D eigenvalue weighted by Crippen LogP contribution is -2.43. The number of hydrogen-bond acceptors (Lipinski definition) is 2. The summed E-state index contributed by atoms with van der Waals surface area (Å²) in [4.78, 5) is 2.46. The lowest BCUT2D eigenvalue weighted by molar-refractivity contribution is 0.180. The molecule has 0 bridgehead atoms. The normalized spacial score (nSPS) is 13.2. The van der Waals surface area contributed by atoms with Gasteiger partial charge in [0, 0.05) is 19.1 Å². The Morgan fingerprint density at radius 2 is 1.83 bits per heavy atom. The van der Waals surface area contributed by atoms with E-state index < -0.39 is 0 Å². The first-order valence-corrected chi connectivity index (χ1v) is 7.10. The zero-order chi connectivity index (χ0) is 13.4. The zero-order valence-electron chi connectivity index (χ0n) is 12.3. The van der Waals surface area contributed by atoms with Gasteiger partial charge in [0.05, 0.1) is 0 Å². The quantitative estimate of drug-likeness (QED) is 0.711. The highest BCUT2D eigenvalue weighted by molar-refractivity contribution is 5.14. The SMILES string of the molecule is CCCNCC(C(C)C)N(C)Cc1ccccc1. The Hall–Kier alpha value is -0.860. The molecule has 1 unspecified atom stereocenters. The molecule has 1 rings (SSSR count). The average molecular weight is 248 g/mol. The van der Waals surface area contributed by atoms with Crippen LogP contribution in [-0.2, 0) is 6.54 Å². The molecule has 2 heteroatoms. The summed E-state index contributed by atoms with van der Waals surface area (Å²) in [5.74, 6) is 0.670. The number of rotatable bonds is 8. The van der Waals surface area contributed by atoms with Crippen LogP contribution in [0, 0.1) is 5.92 Å². The maximum Gasteiger partial charge on any atom is 0.0244 e. The van der Waals surface area contributed by atoms with Crippen LogP contribution in [0.15, 0.2) is 30.3 Å². The summed E-state index contributed by atoms with van der Waals surface area (Å²) in [6.07, 6.45) is 1.20. The number of nitrogens with zero attached hydrogens (tertiary/aromatic N) is 1. The lowest BCUT2D eigenvalue weighted by atomic mass is 10.0. The predicted octanol–water partition coefficient (Wildman–Crippen LogP) is 3.14. The Labute approximate surface area is 112 Å². The van der Waals surface area contributed by atoms with Gasteiger partial charge in [-0.15, -0.1) is 0 Å². The van der Waals surface area contributed by atoms with Gasteiger partial charge in [0.1, 0.15) is 0 Å². The summed E-state index contributed by atoms with van der Waals surface area (Å²) in [5.41, 5.74) is 1.39. The molecular weight excluding hydrogens is 220 g/mol. The molecule has 0 aliphatic rings. The molecule has 0 saturated heterocycles. The van der Waals surface area contributed by atoms with E-state index in [1.165, 1.54) is 12.0 Å². The first kappa shape index (κ1) is 15.2. The summed E-state index contributed by atoms with van der Waals surface area (Å²) < 4.78 is 0. The van der Waals surface area contributed by atoms with Crippen molar-refractivity contribution in [3.63, 3.8) is 0 Å². The average Bonchev–Trinajstić information content (AvgIpc) is 2.35. The lowest BCUT2D eigenvalue weighted by Gasteiger charge is -2.31. The van der Waals surface area contributed by atoms with E-state index in [1.54, 1.807) is 0 Å². The summed E-state index contributed by atoms with van der Waals surface area (Å²) >= 11 is 0. The maximum atomic E-state index is 3.54. The summed E-state index contributed by atoms with van der Waals surface area (Å²) in [7, 11) is 2.23. The van der Waals surface area contributed by atoms with Crippen LogP contribution in [-0.4, -0.2) is 31.1 Å². The number of likely N-dealkylation sites (N-methyl/N-ethyl adjacent to an activating group) is 1. The number of hydrogen-bond donors (Lipinski definition) is 1.